The summed E-state index contributed by atoms with van der Waals surface area (Å²) in [4.78, 5) is 4.13. The fourth-order valence-electron chi connectivity index (χ4n) is 0.870. The van der Waals surface area contributed by atoms with Crippen LogP contribution >= 0.6 is 0 Å². The van der Waals surface area contributed by atoms with Crippen molar-refractivity contribution in [1.29, 1.82) is 0 Å². The van der Waals surface area contributed by atoms with Crippen molar-refractivity contribution < 1.29 is 4.74 Å². The van der Waals surface area contributed by atoms with Crippen LogP contribution in [0.25, 0.3) is 0 Å². The van der Waals surface area contributed by atoms with E-state index in [0.717, 1.165) is 11.4 Å². The van der Waals surface area contributed by atoms with Gasteiger partial charge in [0.2, 0.25) is 0 Å². The molecule has 0 aromatic heterocycles. The summed E-state index contributed by atoms with van der Waals surface area (Å²) in [5.74, 6) is 0.798. The molecule has 0 heterocycles. The first kappa shape index (κ1) is 9.32. The Labute approximate surface area is 77.6 Å². The number of aliphatic imine (C=N–C) groups is 1. The van der Waals surface area contributed by atoms with Gasteiger partial charge in [-0.2, -0.15) is 0 Å². The lowest BCUT2D eigenvalue weighted by molar-refractivity contribution is 0.415. The second-order valence-electron chi connectivity index (χ2n) is 2.36. The molecule has 3 nitrogen and oxygen atoms in total. The van der Waals surface area contributed by atoms with Gasteiger partial charge in [0.25, 0.3) is 0 Å². The van der Waals surface area contributed by atoms with Gasteiger partial charge in [-0.3, -0.25) is 4.99 Å². The van der Waals surface area contributed by atoms with E-state index in [1.165, 1.54) is 6.20 Å². The van der Waals surface area contributed by atoms with E-state index in [9.17, 15) is 0 Å². The van der Waals surface area contributed by atoms with Crippen LogP contribution in [0.5, 0.6) is 5.75 Å². The molecule has 1 aromatic carbocycles. The smallest absolute Gasteiger partial charge is 0.121 e. The van der Waals surface area contributed by atoms with Crippen LogP contribution in [0.1, 0.15) is 0 Å². The molecule has 0 amide bonds. The lowest BCUT2D eigenvalue weighted by Gasteiger charge is -1.98. The van der Waals surface area contributed by atoms with Crippen molar-refractivity contribution in [3.05, 3.63) is 36.5 Å². The second kappa shape index (κ2) is 4.98. The molecule has 0 aliphatic rings. The number of nitrogens with two attached hydrogens (primary N) is 1. The van der Waals surface area contributed by atoms with Crippen molar-refractivity contribution >= 4 is 11.9 Å². The highest BCUT2D eigenvalue weighted by Crippen LogP contribution is 2.18. The lowest BCUT2D eigenvalue weighted by atomic mass is 10.3. The van der Waals surface area contributed by atoms with Crippen LogP contribution in [-0.2, 0) is 0 Å². The number of hydrogen-bond acceptors (Lipinski definition) is 3. The van der Waals surface area contributed by atoms with E-state index < -0.39 is 0 Å². The van der Waals surface area contributed by atoms with E-state index in [2.05, 4.69) is 4.99 Å². The van der Waals surface area contributed by atoms with E-state index in [4.69, 9.17) is 10.5 Å². The molecule has 0 aliphatic carbocycles. The van der Waals surface area contributed by atoms with Crippen LogP contribution in [0, 0.1) is 0 Å². The number of nitrogens with zero attached hydrogens (tertiary/aromatic N) is 1. The van der Waals surface area contributed by atoms with Gasteiger partial charge in [0.05, 0.1) is 12.8 Å². The standard InChI is InChI=1S/C10H12N2O/c1-13-10-5-2-4-9(8-10)12-7-3-6-11/h2-8H,11H2,1H3/b6-3-,12-7?. The summed E-state index contributed by atoms with van der Waals surface area (Å²) in [7, 11) is 1.63. The average Bonchev–Trinajstić information content (AvgIpc) is 2.19. The summed E-state index contributed by atoms with van der Waals surface area (Å²) in [6.07, 6.45) is 4.73. The van der Waals surface area contributed by atoms with E-state index >= 15 is 0 Å². The fourth-order valence-corrected chi connectivity index (χ4v) is 0.870. The monoisotopic (exact) mass is 176 g/mol. The Kier molecular flexibility index (Phi) is 3.57. The van der Waals surface area contributed by atoms with Gasteiger partial charge in [0.1, 0.15) is 5.75 Å². The Morgan fingerprint density at radius 2 is 2.31 bits per heavy atom. The molecule has 0 saturated carbocycles. The van der Waals surface area contributed by atoms with Crippen molar-refractivity contribution in [3.8, 4) is 5.75 Å². The number of ether oxygens (including phenoxy) is 1. The minimum absolute atomic E-state index is 0.798. The molecule has 0 spiro atoms. The third-order valence-electron chi connectivity index (χ3n) is 1.47. The van der Waals surface area contributed by atoms with Gasteiger partial charge in [-0.15, -0.1) is 0 Å². The normalized spacial score (nSPS) is 11.2. The molecule has 0 bridgehead atoms. The van der Waals surface area contributed by atoms with Crippen molar-refractivity contribution in [2.75, 3.05) is 7.11 Å². The van der Waals surface area contributed by atoms with Crippen LogP contribution in [0.3, 0.4) is 0 Å². The molecule has 68 valence electrons. The second-order valence-corrected chi connectivity index (χ2v) is 2.36. The minimum Gasteiger partial charge on any atom is -0.497 e. The summed E-state index contributed by atoms with van der Waals surface area (Å²) < 4.78 is 5.04. The first-order valence-electron chi connectivity index (χ1n) is 3.92. The predicted octanol–water partition coefficient (Wildman–Crippen LogP) is 1.87. The summed E-state index contributed by atoms with van der Waals surface area (Å²) in [5.41, 5.74) is 6.00. The van der Waals surface area contributed by atoms with Crippen molar-refractivity contribution in [1.82, 2.24) is 0 Å². The first-order chi connectivity index (χ1) is 6.36. The highest BCUT2D eigenvalue weighted by molar-refractivity contribution is 5.74. The van der Waals surface area contributed by atoms with E-state index in [-0.39, 0.29) is 0 Å². The van der Waals surface area contributed by atoms with Crippen LogP contribution < -0.4 is 10.5 Å². The van der Waals surface area contributed by atoms with Gasteiger partial charge >= 0.3 is 0 Å². The molecule has 2 N–H and O–H groups in total. The Morgan fingerprint density at radius 3 is 3.00 bits per heavy atom. The quantitative estimate of drug-likeness (QED) is 0.714. The van der Waals surface area contributed by atoms with E-state index in [1.807, 2.05) is 24.3 Å². The largest absolute Gasteiger partial charge is 0.497 e. The zero-order valence-corrected chi connectivity index (χ0v) is 7.47. The number of benzene rings is 1. The minimum atomic E-state index is 0.798. The van der Waals surface area contributed by atoms with Crippen molar-refractivity contribution in [3.63, 3.8) is 0 Å². The van der Waals surface area contributed by atoms with Crippen LogP contribution in [-0.4, -0.2) is 13.3 Å². The third kappa shape index (κ3) is 2.99. The summed E-state index contributed by atoms with van der Waals surface area (Å²) in [6.45, 7) is 0. The van der Waals surface area contributed by atoms with E-state index in [1.54, 1.807) is 19.4 Å². The first-order valence-corrected chi connectivity index (χ1v) is 3.92. The predicted molar refractivity (Wildman–Crippen MR) is 54.5 cm³/mol. The molecule has 0 saturated heterocycles. The van der Waals surface area contributed by atoms with Gasteiger partial charge in [-0.05, 0) is 24.4 Å². The van der Waals surface area contributed by atoms with Crippen molar-refractivity contribution in [2.24, 2.45) is 10.7 Å². The third-order valence-corrected chi connectivity index (χ3v) is 1.47. The zero-order valence-electron chi connectivity index (χ0n) is 7.47. The highest BCUT2D eigenvalue weighted by atomic mass is 16.5. The van der Waals surface area contributed by atoms with Crippen LogP contribution in [0.4, 0.5) is 5.69 Å². The molecule has 0 atom stereocenters. The van der Waals surface area contributed by atoms with E-state index in [0.29, 0.717) is 0 Å². The van der Waals surface area contributed by atoms with Crippen molar-refractivity contribution in [2.45, 2.75) is 0 Å². The molecule has 3 heteroatoms. The highest BCUT2D eigenvalue weighted by Gasteiger charge is 1.90. The molecule has 0 fully saturated rings. The number of hydrogen-bond donors (Lipinski definition) is 1. The van der Waals surface area contributed by atoms with Gasteiger partial charge in [-0.1, -0.05) is 6.07 Å². The Bertz CT molecular complexity index is 318. The molecule has 0 radical (unpaired) electrons. The topological polar surface area (TPSA) is 47.6 Å². The summed E-state index contributed by atoms with van der Waals surface area (Å²) in [5, 5.41) is 0. The maximum atomic E-state index is 5.15. The maximum Gasteiger partial charge on any atom is 0.121 e. The maximum absolute atomic E-state index is 5.15. The molecular weight excluding hydrogens is 164 g/mol. The number of methoxy groups -OCH3 is 1. The molecule has 0 aliphatic heterocycles. The Hall–Kier alpha value is -1.77. The Balaban J connectivity index is 2.77. The number of rotatable bonds is 3. The molecule has 1 rings (SSSR count). The SMILES string of the molecule is COc1cccc(N=C/C=C\N)c1. The van der Waals surface area contributed by atoms with Crippen LogP contribution in [0.2, 0.25) is 0 Å². The fraction of sp³-hybridized carbons (Fsp3) is 0.100. The van der Waals surface area contributed by atoms with Crippen LogP contribution in [0.15, 0.2) is 41.5 Å². The summed E-state index contributed by atoms with van der Waals surface area (Å²) >= 11 is 0. The molecule has 13 heavy (non-hydrogen) atoms. The van der Waals surface area contributed by atoms with Gasteiger partial charge < -0.3 is 10.5 Å². The zero-order chi connectivity index (χ0) is 9.52. The number of allylic oxidation sites excluding steroid dienone is 1. The molecule has 1 aromatic rings. The molecular formula is C10H12N2O. The van der Waals surface area contributed by atoms with Gasteiger partial charge in [0.15, 0.2) is 0 Å². The summed E-state index contributed by atoms with van der Waals surface area (Å²) in [6, 6.07) is 7.50. The molecule has 0 unspecified atom stereocenters. The lowest BCUT2D eigenvalue weighted by Crippen LogP contribution is -1.80. The Morgan fingerprint density at radius 1 is 1.46 bits per heavy atom. The van der Waals surface area contributed by atoms with Gasteiger partial charge in [0, 0.05) is 12.3 Å². The average molecular weight is 176 g/mol. The van der Waals surface area contributed by atoms with Gasteiger partial charge in [-0.25, -0.2) is 0 Å².